The quantitative estimate of drug-likeness (QED) is 0.868. The fourth-order valence-electron chi connectivity index (χ4n) is 2.58. The van der Waals surface area contributed by atoms with Crippen LogP contribution in [0.1, 0.15) is 60.8 Å². The molecule has 0 spiro atoms. The van der Waals surface area contributed by atoms with E-state index >= 15 is 0 Å². The fourth-order valence-corrected chi connectivity index (χ4v) is 2.58. The number of amides is 1. The molecule has 1 aliphatic heterocycles. The lowest BCUT2D eigenvalue weighted by molar-refractivity contribution is 0.0671. The van der Waals surface area contributed by atoms with Gasteiger partial charge >= 0.3 is 0 Å². The highest BCUT2D eigenvalue weighted by molar-refractivity contribution is 5.91. The van der Waals surface area contributed by atoms with Gasteiger partial charge in [0.2, 0.25) is 5.89 Å². The average molecular weight is 289 g/mol. The van der Waals surface area contributed by atoms with E-state index in [1.165, 1.54) is 6.26 Å². The number of likely N-dealkylation sites (tertiary alicyclic amines) is 1. The Labute approximate surface area is 123 Å². The van der Waals surface area contributed by atoms with Gasteiger partial charge in [0.15, 0.2) is 11.6 Å². The third kappa shape index (κ3) is 2.84. The zero-order valence-corrected chi connectivity index (χ0v) is 12.3. The van der Waals surface area contributed by atoms with E-state index in [4.69, 9.17) is 8.94 Å². The summed E-state index contributed by atoms with van der Waals surface area (Å²) < 4.78 is 10.4. The number of piperidine rings is 1. The van der Waals surface area contributed by atoms with Crippen LogP contribution in [0.2, 0.25) is 0 Å². The second kappa shape index (κ2) is 5.71. The number of nitrogens with zero attached hydrogens (tertiary/aromatic N) is 3. The lowest BCUT2D eigenvalue weighted by Crippen LogP contribution is -2.39. The van der Waals surface area contributed by atoms with Crippen molar-refractivity contribution in [3.63, 3.8) is 0 Å². The van der Waals surface area contributed by atoms with Gasteiger partial charge in [-0.1, -0.05) is 19.0 Å². The molecule has 0 saturated carbocycles. The number of rotatable bonds is 3. The summed E-state index contributed by atoms with van der Waals surface area (Å²) in [5.41, 5.74) is 0. The number of carbonyl (C=O) groups is 1. The molecule has 1 aliphatic rings. The minimum atomic E-state index is -0.0720. The first kappa shape index (κ1) is 13.9. The first-order valence-electron chi connectivity index (χ1n) is 7.31. The van der Waals surface area contributed by atoms with Gasteiger partial charge in [0.1, 0.15) is 0 Å². The minimum absolute atomic E-state index is 0.0720. The summed E-state index contributed by atoms with van der Waals surface area (Å²) in [4.78, 5) is 18.6. The van der Waals surface area contributed by atoms with E-state index in [-0.39, 0.29) is 17.7 Å². The van der Waals surface area contributed by atoms with Gasteiger partial charge in [0, 0.05) is 24.9 Å². The number of furan rings is 1. The van der Waals surface area contributed by atoms with Crippen molar-refractivity contribution < 1.29 is 13.7 Å². The molecule has 21 heavy (non-hydrogen) atoms. The molecular formula is C15H19N3O3. The number of aromatic nitrogens is 2. The molecule has 0 aliphatic carbocycles. The zero-order chi connectivity index (χ0) is 14.8. The van der Waals surface area contributed by atoms with Crippen LogP contribution in [0.25, 0.3) is 0 Å². The molecule has 0 aromatic carbocycles. The molecule has 3 heterocycles. The van der Waals surface area contributed by atoms with E-state index in [0.29, 0.717) is 24.0 Å². The maximum atomic E-state index is 12.3. The van der Waals surface area contributed by atoms with Crippen LogP contribution in [0.4, 0.5) is 0 Å². The summed E-state index contributed by atoms with van der Waals surface area (Å²) >= 11 is 0. The Morgan fingerprint density at radius 2 is 2.33 bits per heavy atom. The second-order valence-electron chi connectivity index (χ2n) is 5.71. The number of hydrogen-bond donors (Lipinski definition) is 0. The van der Waals surface area contributed by atoms with E-state index in [2.05, 4.69) is 10.1 Å². The Balaban J connectivity index is 1.72. The smallest absolute Gasteiger partial charge is 0.289 e. The first-order valence-corrected chi connectivity index (χ1v) is 7.31. The van der Waals surface area contributed by atoms with Crippen LogP contribution in [-0.2, 0) is 0 Å². The van der Waals surface area contributed by atoms with Crippen molar-refractivity contribution in [2.45, 2.75) is 38.5 Å². The lowest BCUT2D eigenvalue weighted by atomic mass is 9.97. The largest absolute Gasteiger partial charge is 0.459 e. The highest BCUT2D eigenvalue weighted by atomic mass is 16.5. The Morgan fingerprint density at radius 1 is 1.48 bits per heavy atom. The monoisotopic (exact) mass is 289 g/mol. The van der Waals surface area contributed by atoms with E-state index < -0.39 is 0 Å². The Kier molecular flexibility index (Phi) is 3.77. The van der Waals surface area contributed by atoms with Crippen molar-refractivity contribution in [2.24, 2.45) is 0 Å². The van der Waals surface area contributed by atoms with Crippen LogP contribution < -0.4 is 0 Å². The topological polar surface area (TPSA) is 72.4 Å². The van der Waals surface area contributed by atoms with Gasteiger partial charge in [-0.05, 0) is 25.0 Å². The van der Waals surface area contributed by atoms with Crippen molar-refractivity contribution >= 4 is 5.91 Å². The van der Waals surface area contributed by atoms with Crippen LogP contribution in [0.15, 0.2) is 27.3 Å². The normalized spacial score (nSPS) is 19.2. The molecule has 2 aromatic rings. The summed E-state index contributed by atoms with van der Waals surface area (Å²) in [5, 5.41) is 4.07. The molecule has 6 heteroatoms. The summed E-state index contributed by atoms with van der Waals surface area (Å²) in [6, 6.07) is 3.42. The molecule has 1 fully saturated rings. The van der Waals surface area contributed by atoms with E-state index in [1.807, 2.05) is 13.8 Å². The molecule has 1 saturated heterocycles. The van der Waals surface area contributed by atoms with Crippen LogP contribution >= 0.6 is 0 Å². The highest BCUT2D eigenvalue weighted by Gasteiger charge is 2.29. The van der Waals surface area contributed by atoms with Crippen molar-refractivity contribution in [1.82, 2.24) is 15.0 Å². The molecule has 6 nitrogen and oxygen atoms in total. The van der Waals surface area contributed by atoms with E-state index in [0.717, 1.165) is 19.4 Å². The zero-order valence-electron chi connectivity index (χ0n) is 12.3. The molecular weight excluding hydrogens is 270 g/mol. The predicted octanol–water partition coefficient (Wildman–Crippen LogP) is 2.81. The molecule has 0 N–H and O–H groups in total. The number of hydrogen-bond acceptors (Lipinski definition) is 5. The van der Waals surface area contributed by atoms with Crippen LogP contribution in [0.3, 0.4) is 0 Å². The van der Waals surface area contributed by atoms with E-state index in [1.54, 1.807) is 17.0 Å². The Morgan fingerprint density at radius 3 is 3.00 bits per heavy atom. The third-order valence-corrected chi connectivity index (χ3v) is 3.76. The molecule has 2 aromatic heterocycles. The van der Waals surface area contributed by atoms with Gasteiger partial charge in [-0.25, -0.2) is 0 Å². The maximum Gasteiger partial charge on any atom is 0.289 e. The van der Waals surface area contributed by atoms with Crippen molar-refractivity contribution in [3.05, 3.63) is 35.9 Å². The maximum absolute atomic E-state index is 12.3. The average Bonchev–Trinajstić information content (AvgIpc) is 3.18. The van der Waals surface area contributed by atoms with Crippen molar-refractivity contribution in [2.75, 3.05) is 13.1 Å². The molecule has 0 unspecified atom stereocenters. The standard InChI is InChI=1S/C15H19N3O3/c1-10(2)14-16-13(17-21-14)11-5-3-7-18(9-11)15(19)12-6-4-8-20-12/h4,6,8,10-11H,3,5,7,9H2,1-2H3/t11-/m1/s1. The third-order valence-electron chi connectivity index (χ3n) is 3.76. The van der Waals surface area contributed by atoms with Crippen LogP contribution in [0, 0.1) is 0 Å². The molecule has 112 valence electrons. The minimum Gasteiger partial charge on any atom is -0.459 e. The lowest BCUT2D eigenvalue weighted by Gasteiger charge is -2.30. The molecule has 3 rings (SSSR count). The highest BCUT2D eigenvalue weighted by Crippen LogP contribution is 2.27. The fraction of sp³-hybridized carbons (Fsp3) is 0.533. The van der Waals surface area contributed by atoms with E-state index in [9.17, 15) is 4.79 Å². The van der Waals surface area contributed by atoms with Crippen molar-refractivity contribution in [3.8, 4) is 0 Å². The van der Waals surface area contributed by atoms with Gasteiger partial charge in [-0.2, -0.15) is 4.98 Å². The molecule has 0 radical (unpaired) electrons. The van der Waals surface area contributed by atoms with Gasteiger partial charge in [-0.15, -0.1) is 0 Å². The SMILES string of the molecule is CC(C)c1nc([C@@H]2CCCN(C(=O)c3ccco3)C2)no1. The van der Waals surface area contributed by atoms with Gasteiger partial charge in [0.25, 0.3) is 5.91 Å². The van der Waals surface area contributed by atoms with Crippen LogP contribution in [-0.4, -0.2) is 34.0 Å². The Hall–Kier alpha value is -2.11. The van der Waals surface area contributed by atoms with Gasteiger partial charge in [0.05, 0.1) is 6.26 Å². The second-order valence-corrected chi connectivity index (χ2v) is 5.71. The molecule has 1 amide bonds. The molecule has 1 atom stereocenters. The van der Waals surface area contributed by atoms with Gasteiger partial charge < -0.3 is 13.8 Å². The van der Waals surface area contributed by atoms with Crippen molar-refractivity contribution in [1.29, 1.82) is 0 Å². The summed E-state index contributed by atoms with van der Waals surface area (Å²) in [6.45, 7) is 5.39. The van der Waals surface area contributed by atoms with Gasteiger partial charge in [-0.3, -0.25) is 4.79 Å². The predicted molar refractivity (Wildman–Crippen MR) is 75.0 cm³/mol. The first-order chi connectivity index (χ1) is 10.1. The Bertz CT molecular complexity index is 603. The number of carbonyl (C=O) groups excluding carboxylic acids is 1. The molecule has 0 bridgehead atoms. The summed E-state index contributed by atoms with van der Waals surface area (Å²) in [6.07, 6.45) is 3.42. The summed E-state index contributed by atoms with van der Waals surface area (Å²) in [5.74, 6) is 2.02. The summed E-state index contributed by atoms with van der Waals surface area (Å²) in [7, 11) is 0. The van der Waals surface area contributed by atoms with Crippen LogP contribution in [0.5, 0.6) is 0 Å².